The molecule has 1 aromatic heterocycles. The summed E-state index contributed by atoms with van der Waals surface area (Å²) in [6.07, 6.45) is 0.683. The van der Waals surface area contributed by atoms with Gasteiger partial charge >= 0.3 is 0 Å². The number of pyridine rings is 1. The number of aryl methyl sites for hydroxylation is 1. The molecule has 0 saturated heterocycles. The maximum absolute atomic E-state index is 12.9. The number of aromatic nitrogens is 1. The Balaban J connectivity index is 1.79. The van der Waals surface area contributed by atoms with Gasteiger partial charge in [0.1, 0.15) is 11.5 Å². The normalized spacial score (nSPS) is 11.9. The lowest BCUT2D eigenvalue weighted by atomic mass is 10.1. The zero-order chi connectivity index (χ0) is 20.1. The van der Waals surface area contributed by atoms with Crippen molar-refractivity contribution in [1.29, 1.82) is 0 Å². The molecule has 1 heterocycles. The first-order valence-corrected chi connectivity index (χ1v) is 9.99. The average Bonchev–Trinajstić information content (AvgIpc) is 2.72. The van der Waals surface area contributed by atoms with Gasteiger partial charge in [0.2, 0.25) is 5.91 Å². The Kier molecular flexibility index (Phi) is 6.41. The lowest BCUT2D eigenvalue weighted by Gasteiger charge is -2.17. The van der Waals surface area contributed by atoms with E-state index >= 15 is 0 Å². The van der Waals surface area contributed by atoms with Gasteiger partial charge in [-0.2, -0.15) is 0 Å². The molecule has 2 aromatic carbocycles. The van der Waals surface area contributed by atoms with Crippen LogP contribution in [0.5, 0.6) is 11.5 Å². The predicted molar refractivity (Wildman–Crippen MR) is 115 cm³/mol. The third-order valence-electron chi connectivity index (χ3n) is 4.49. The van der Waals surface area contributed by atoms with Gasteiger partial charge in [0.25, 0.3) is 0 Å². The van der Waals surface area contributed by atoms with Crippen LogP contribution < -0.4 is 14.8 Å². The van der Waals surface area contributed by atoms with Crippen molar-refractivity contribution in [2.45, 2.75) is 30.5 Å². The van der Waals surface area contributed by atoms with Crippen molar-refractivity contribution < 1.29 is 14.3 Å². The summed E-state index contributed by atoms with van der Waals surface area (Å²) in [7, 11) is 3.16. The molecule has 0 aliphatic heterocycles. The van der Waals surface area contributed by atoms with E-state index in [1.165, 1.54) is 11.8 Å². The Hall–Kier alpha value is -2.73. The summed E-state index contributed by atoms with van der Waals surface area (Å²) in [4.78, 5) is 17.6. The molecule has 0 aliphatic carbocycles. The Bertz CT molecular complexity index is 991. The molecule has 3 aromatic rings. The van der Waals surface area contributed by atoms with E-state index < -0.39 is 0 Å². The third-order valence-corrected chi connectivity index (χ3v) is 5.77. The third kappa shape index (κ3) is 4.39. The first-order valence-electron chi connectivity index (χ1n) is 9.11. The standard InChI is InChI=1S/C22H24N2O3S/c1-5-20(22(25)24-18-11-10-15(26-3)13-19(18)27-4)28-21-12-14(2)16-8-6-7-9-17(16)23-21/h6-13,20H,5H2,1-4H3,(H,24,25). The minimum Gasteiger partial charge on any atom is -0.497 e. The number of hydrogen-bond donors (Lipinski definition) is 1. The van der Waals surface area contributed by atoms with E-state index in [1.807, 2.05) is 31.2 Å². The fourth-order valence-corrected chi connectivity index (χ4v) is 3.98. The van der Waals surface area contributed by atoms with Gasteiger partial charge in [-0.3, -0.25) is 4.79 Å². The number of ether oxygens (including phenoxy) is 2. The largest absolute Gasteiger partial charge is 0.497 e. The molecule has 0 aliphatic rings. The maximum Gasteiger partial charge on any atom is 0.238 e. The van der Waals surface area contributed by atoms with E-state index in [0.717, 1.165) is 21.5 Å². The zero-order valence-corrected chi connectivity index (χ0v) is 17.3. The number of amides is 1. The molecule has 0 bridgehead atoms. The number of methoxy groups -OCH3 is 2. The van der Waals surface area contributed by atoms with Crippen LogP contribution in [0, 0.1) is 6.92 Å². The van der Waals surface area contributed by atoms with Crippen LogP contribution in [0.3, 0.4) is 0 Å². The number of fused-ring (bicyclic) bond motifs is 1. The summed E-state index contributed by atoms with van der Waals surface area (Å²) in [6, 6.07) is 15.4. The summed E-state index contributed by atoms with van der Waals surface area (Å²) in [6.45, 7) is 4.06. The number of anilines is 1. The number of carbonyl (C=O) groups excluding carboxylic acids is 1. The molecule has 0 radical (unpaired) electrons. The fourth-order valence-electron chi connectivity index (χ4n) is 2.96. The number of rotatable bonds is 7. The van der Waals surface area contributed by atoms with Gasteiger partial charge in [0.15, 0.2) is 0 Å². The Morgan fingerprint density at radius 1 is 1.14 bits per heavy atom. The molecule has 1 atom stereocenters. The van der Waals surface area contributed by atoms with Crippen molar-refractivity contribution in [2.75, 3.05) is 19.5 Å². The van der Waals surface area contributed by atoms with Gasteiger partial charge in [-0.05, 0) is 43.2 Å². The topological polar surface area (TPSA) is 60.5 Å². The molecule has 1 unspecified atom stereocenters. The molecular weight excluding hydrogens is 372 g/mol. The van der Waals surface area contributed by atoms with Crippen LogP contribution in [0.1, 0.15) is 18.9 Å². The van der Waals surface area contributed by atoms with Crippen LogP contribution in [-0.4, -0.2) is 30.4 Å². The van der Waals surface area contributed by atoms with Gasteiger partial charge in [-0.25, -0.2) is 4.98 Å². The fraction of sp³-hybridized carbons (Fsp3) is 0.273. The number of benzene rings is 2. The molecule has 3 rings (SSSR count). The van der Waals surface area contributed by atoms with Crippen LogP contribution >= 0.6 is 11.8 Å². The quantitative estimate of drug-likeness (QED) is 0.565. The molecule has 28 heavy (non-hydrogen) atoms. The van der Waals surface area contributed by atoms with Crippen molar-refractivity contribution in [2.24, 2.45) is 0 Å². The molecule has 1 amide bonds. The van der Waals surface area contributed by atoms with Crippen LogP contribution in [0.25, 0.3) is 10.9 Å². The molecule has 0 spiro atoms. The summed E-state index contributed by atoms with van der Waals surface area (Å²) >= 11 is 1.48. The second-order valence-corrected chi connectivity index (χ2v) is 7.59. The molecule has 0 fully saturated rings. The highest BCUT2D eigenvalue weighted by atomic mass is 32.2. The summed E-state index contributed by atoms with van der Waals surface area (Å²) in [5.41, 5.74) is 2.72. The highest BCUT2D eigenvalue weighted by Crippen LogP contribution is 2.32. The lowest BCUT2D eigenvalue weighted by Crippen LogP contribution is -2.25. The molecule has 146 valence electrons. The van der Waals surface area contributed by atoms with Crippen molar-refractivity contribution in [3.63, 3.8) is 0 Å². The SMILES string of the molecule is CCC(Sc1cc(C)c2ccccc2n1)C(=O)Nc1ccc(OC)cc1OC. The Morgan fingerprint density at radius 2 is 1.93 bits per heavy atom. The number of nitrogens with zero attached hydrogens (tertiary/aromatic N) is 1. The van der Waals surface area contributed by atoms with Crippen molar-refractivity contribution in [3.05, 3.63) is 54.1 Å². The van der Waals surface area contributed by atoms with Crippen molar-refractivity contribution in [3.8, 4) is 11.5 Å². The number of para-hydroxylation sites is 1. The average molecular weight is 397 g/mol. The first kappa shape index (κ1) is 20.0. The van der Waals surface area contributed by atoms with Crippen molar-refractivity contribution in [1.82, 2.24) is 4.98 Å². The monoisotopic (exact) mass is 396 g/mol. The number of thioether (sulfide) groups is 1. The molecule has 5 nitrogen and oxygen atoms in total. The van der Waals surface area contributed by atoms with Gasteiger partial charge in [-0.15, -0.1) is 0 Å². The maximum atomic E-state index is 12.9. The summed E-state index contributed by atoms with van der Waals surface area (Å²) in [5.74, 6) is 1.16. The highest BCUT2D eigenvalue weighted by molar-refractivity contribution is 8.00. The smallest absolute Gasteiger partial charge is 0.238 e. The number of hydrogen-bond acceptors (Lipinski definition) is 5. The highest BCUT2D eigenvalue weighted by Gasteiger charge is 2.20. The predicted octanol–water partition coefficient (Wildman–Crippen LogP) is 5.07. The van der Waals surface area contributed by atoms with E-state index in [2.05, 4.69) is 18.3 Å². The number of nitrogens with one attached hydrogen (secondary N) is 1. The second-order valence-electron chi connectivity index (χ2n) is 6.36. The van der Waals surface area contributed by atoms with Gasteiger partial charge < -0.3 is 14.8 Å². The van der Waals surface area contributed by atoms with Gasteiger partial charge in [0, 0.05) is 11.5 Å². The molecular formula is C22H24N2O3S. The first-order chi connectivity index (χ1) is 13.5. The molecule has 0 saturated carbocycles. The Morgan fingerprint density at radius 3 is 2.64 bits per heavy atom. The van der Waals surface area contributed by atoms with Gasteiger partial charge in [0.05, 0.1) is 35.7 Å². The van der Waals surface area contributed by atoms with Crippen LogP contribution in [0.2, 0.25) is 0 Å². The Labute approximate surface area is 169 Å². The van der Waals surface area contributed by atoms with Crippen LogP contribution in [0.15, 0.2) is 53.6 Å². The van der Waals surface area contributed by atoms with E-state index in [1.54, 1.807) is 32.4 Å². The summed E-state index contributed by atoms with van der Waals surface area (Å²) in [5, 5.41) is 4.68. The minimum atomic E-state index is -0.264. The van der Waals surface area contributed by atoms with E-state index in [0.29, 0.717) is 23.6 Å². The van der Waals surface area contributed by atoms with Crippen LogP contribution in [0.4, 0.5) is 5.69 Å². The van der Waals surface area contributed by atoms with E-state index in [9.17, 15) is 4.79 Å². The van der Waals surface area contributed by atoms with Crippen LogP contribution in [-0.2, 0) is 4.79 Å². The van der Waals surface area contributed by atoms with Gasteiger partial charge in [-0.1, -0.05) is 36.9 Å². The van der Waals surface area contributed by atoms with E-state index in [-0.39, 0.29) is 11.2 Å². The second kappa shape index (κ2) is 8.97. The molecule has 1 N–H and O–H groups in total. The zero-order valence-electron chi connectivity index (χ0n) is 16.5. The lowest BCUT2D eigenvalue weighted by molar-refractivity contribution is -0.115. The summed E-state index contributed by atoms with van der Waals surface area (Å²) < 4.78 is 10.6. The molecule has 6 heteroatoms. The van der Waals surface area contributed by atoms with Crippen molar-refractivity contribution >= 4 is 34.3 Å². The number of carbonyl (C=O) groups is 1. The van der Waals surface area contributed by atoms with E-state index in [4.69, 9.17) is 14.5 Å². The minimum absolute atomic E-state index is 0.0800.